The molecule has 0 aromatic rings. The molecule has 0 aliphatic carbocycles. The van der Waals surface area contributed by atoms with E-state index in [1.165, 1.54) is 0 Å². The van der Waals surface area contributed by atoms with Crippen molar-refractivity contribution in [1.29, 1.82) is 0 Å². The van der Waals surface area contributed by atoms with Gasteiger partial charge in [-0.3, -0.25) is 0 Å². The number of hydrogen-bond acceptors (Lipinski definition) is 2. The number of nitrogens with one attached hydrogen (secondary N) is 1. The Hall–Kier alpha value is -0.0800. The molecule has 34 valence electrons. The van der Waals surface area contributed by atoms with E-state index < -0.39 is 0 Å². The first-order valence-corrected chi connectivity index (χ1v) is 2.32. The highest BCUT2D eigenvalue weighted by Gasteiger charge is 2.39. The van der Waals surface area contributed by atoms with Crippen LogP contribution in [0.1, 0.15) is 0 Å². The summed E-state index contributed by atoms with van der Waals surface area (Å²) in [6.07, 6.45) is 0.602. The van der Waals surface area contributed by atoms with Gasteiger partial charge in [-0.05, 0) is 0 Å². The molecule has 0 aromatic heterocycles. The van der Waals surface area contributed by atoms with Crippen LogP contribution in [0.25, 0.3) is 0 Å². The Morgan fingerprint density at radius 2 is 2.50 bits per heavy atom. The van der Waals surface area contributed by atoms with Gasteiger partial charge in [0.15, 0.2) is 0 Å². The summed E-state index contributed by atoms with van der Waals surface area (Å²) in [5.74, 6) is 0. The van der Waals surface area contributed by atoms with Crippen LogP contribution < -0.4 is 5.32 Å². The van der Waals surface area contributed by atoms with Crippen LogP contribution >= 0.6 is 0 Å². The second-order valence-corrected chi connectivity index (χ2v) is 1.89. The van der Waals surface area contributed by atoms with Crippen LogP contribution in [0, 0.1) is 0 Å². The number of morpholine rings is 1. The van der Waals surface area contributed by atoms with Gasteiger partial charge in [0.25, 0.3) is 0 Å². The normalized spacial score (nSPS) is 52.0. The number of rotatable bonds is 0. The summed E-state index contributed by atoms with van der Waals surface area (Å²) in [4.78, 5) is 0. The van der Waals surface area contributed by atoms with E-state index in [0.29, 0.717) is 6.10 Å². The highest BCUT2D eigenvalue weighted by molar-refractivity contribution is 4.95. The fourth-order valence-electron chi connectivity index (χ4n) is 0.827. The van der Waals surface area contributed by atoms with Gasteiger partial charge in [-0.15, -0.1) is 0 Å². The largest absolute Gasteiger partial charge is 0.373 e. The van der Waals surface area contributed by atoms with E-state index in [0.717, 1.165) is 19.2 Å². The first-order valence-electron chi connectivity index (χ1n) is 2.32. The molecule has 1 unspecified atom stereocenters. The lowest BCUT2D eigenvalue weighted by molar-refractivity contribution is -0.135. The summed E-state index contributed by atoms with van der Waals surface area (Å²) in [5, 5.41) is 3.22. The van der Waals surface area contributed by atoms with Crippen molar-refractivity contribution in [2.24, 2.45) is 0 Å². The molecule has 0 bridgehead atoms. The quantitative estimate of drug-likeness (QED) is 0.422. The monoisotopic (exact) mass is 85.1 g/mol. The lowest BCUT2D eigenvalue weighted by Gasteiger charge is -2.46. The molecule has 0 radical (unpaired) electrons. The zero-order chi connectivity index (χ0) is 3.98. The van der Waals surface area contributed by atoms with Gasteiger partial charge in [0, 0.05) is 6.54 Å². The molecular formula is C4H7NO. The first-order chi connectivity index (χ1) is 2.97. The van der Waals surface area contributed by atoms with Crippen LogP contribution in [0.4, 0.5) is 0 Å². The molecule has 2 atom stereocenters. The highest BCUT2D eigenvalue weighted by Crippen LogP contribution is 2.18. The third kappa shape index (κ3) is 0.172. The molecule has 0 spiro atoms. The van der Waals surface area contributed by atoms with Crippen molar-refractivity contribution >= 4 is 0 Å². The SMILES string of the molecule is C1O[C@@H]2CNC12. The van der Waals surface area contributed by atoms with Gasteiger partial charge in [0.2, 0.25) is 0 Å². The molecule has 2 aliphatic rings. The molecule has 2 heterocycles. The molecule has 0 saturated carbocycles. The van der Waals surface area contributed by atoms with E-state index in [4.69, 9.17) is 4.74 Å². The molecule has 0 aromatic carbocycles. The van der Waals surface area contributed by atoms with Crippen molar-refractivity contribution in [3.8, 4) is 0 Å². The van der Waals surface area contributed by atoms with Crippen molar-refractivity contribution in [3.05, 3.63) is 0 Å². The molecule has 2 nitrogen and oxygen atoms in total. The number of fused-ring (bicyclic) bond motifs is 1. The minimum Gasteiger partial charge on any atom is -0.373 e. The molecule has 2 rings (SSSR count). The van der Waals surface area contributed by atoms with E-state index >= 15 is 0 Å². The second-order valence-electron chi connectivity index (χ2n) is 1.89. The Morgan fingerprint density at radius 3 is 2.50 bits per heavy atom. The molecule has 0 amide bonds. The maximum Gasteiger partial charge on any atom is 0.0875 e. The Morgan fingerprint density at radius 1 is 1.67 bits per heavy atom. The average molecular weight is 85.1 g/mol. The topological polar surface area (TPSA) is 21.3 Å². The average Bonchev–Trinajstić information content (AvgIpc) is 1.54. The van der Waals surface area contributed by atoms with E-state index in [1.807, 2.05) is 0 Å². The summed E-state index contributed by atoms with van der Waals surface area (Å²) >= 11 is 0. The zero-order valence-corrected chi connectivity index (χ0v) is 3.48. The Labute approximate surface area is 36.5 Å². The lowest BCUT2D eigenvalue weighted by Crippen LogP contribution is -2.68. The van der Waals surface area contributed by atoms with Gasteiger partial charge in [0.1, 0.15) is 0 Å². The molecule has 2 fully saturated rings. The first kappa shape index (κ1) is 2.99. The summed E-state index contributed by atoms with van der Waals surface area (Å²) in [6, 6.07) is 0.741. The molecular weight excluding hydrogens is 78.0 g/mol. The molecule has 2 saturated heterocycles. The van der Waals surface area contributed by atoms with Crippen molar-refractivity contribution in [1.82, 2.24) is 5.32 Å². The number of hydrogen-bond donors (Lipinski definition) is 1. The van der Waals surface area contributed by atoms with Gasteiger partial charge >= 0.3 is 0 Å². The van der Waals surface area contributed by atoms with Crippen LogP contribution in [0.5, 0.6) is 0 Å². The van der Waals surface area contributed by atoms with Crippen LogP contribution in [0.15, 0.2) is 0 Å². The van der Waals surface area contributed by atoms with E-state index in [1.54, 1.807) is 0 Å². The van der Waals surface area contributed by atoms with Crippen molar-refractivity contribution in [2.75, 3.05) is 13.2 Å². The second kappa shape index (κ2) is 0.768. The fraction of sp³-hybridized carbons (Fsp3) is 1.00. The van der Waals surface area contributed by atoms with Crippen molar-refractivity contribution < 1.29 is 4.74 Å². The number of ether oxygens (including phenoxy) is 1. The van der Waals surface area contributed by atoms with Gasteiger partial charge in [-0.2, -0.15) is 0 Å². The third-order valence-corrected chi connectivity index (χ3v) is 1.52. The summed E-state index contributed by atoms with van der Waals surface area (Å²) in [6.45, 7) is 2.04. The van der Waals surface area contributed by atoms with Crippen LogP contribution in [0.3, 0.4) is 0 Å². The predicted molar refractivity (Wildman–Crippen MR) is 21.5 cm³/mol. The Bertz CT molecular complexity index is 55.9. The molecule has 1 N–H and O–H groups in total. The smallest absolute Gasteiger partial charge is 0.0875 e. The summed E-state index contributed by atoms with van der Waals surface area (Å²) in [5.41, 5.74) is 0. The molecule has 6 heavy (non-hydrogen) atoms. The minimum absolute atomic E-state index is 0.602. The molecule has 2 heteroatoms. The van der Waals surface area contributed by atoms with Crippen LogP contribution in [-0.4, -0.2) is 25.3 Å². The van der Waals surface area contributed by atoms with E-state index in [2.05, 4.69) is 5.32 Å². The molecule has 2 aliphatic heterocycles. The Balaban J connectivity index is 2.03. The van der Waals surface area contributed by atoms with Crippen molar-refractivity contribution in [3.63, 3.8) is 0 Å². The van der Waals surface area contributed by atoms with E-state index in [9.17, 15) is 0 Å². The van der Waals surface area contributed by atoms with Crippen LogP contribution in [0.2, 0.25) is 0 Å². The summed E-state index contributed by atoms with van der Waals surface area (Å²) in [7, 11) is 0. The summed E-state index contributed by atoms with van der Waals surface area (Å²) < 4.78 is 5.07. The van der Waals surface area contributed by atoms with E-state index in [-0.39, 0.29) is 0 Å². The minimum atomic E-state index is 0.602. The van der Waals surface area contributed by atoms with Gasteiger partial charge < -0.3 is 10.1 Å². The fourth-order valence-corrected chi connectivity index (χ4v) is 0.827. The predicted octanol–water partition coefficient (Wildman–Crippen LogP) is -0.643. The maximum absolute atomic E-state index is 5.07. The Kier molecular flexibility index (Phi) is 0.383. The third-order valence-electron chi connectivity index (χ3n) is 1.52. The maximum atomic E-state index is 5.07. The lowest BCUT2D eigenvalue weighted by atomic mass is 9.99. The van der Waals surface area contributed by atoms with Gasteiger partial charge in [-0.1, -0.05) is 0 Å². The van der Waals surface area contributed by atoms with Gasteiger partial charge in [0.05, 0.1) is 18.8 Å². The zero-order valence-electron chi connectivity index (χ0n) is 3.48. The van der Waals surface area contributed by atoms with Gasteiger partial charge in [-0.25, -0.2) is 0 Å². The highest BCUT2D eigenvalue weighted by atomic mass is 16.5. The standard InChI is InChI=1S/C4H7NO/c1-4-3(5-1)2-6-4/h3-5H,1-2H2/t3?,4-/m1/s1. The van der Waals surface area contributed by atoms with Crippen LogP contribution in [-0.2, 0) is 4.74 Å². The van der Waals surface area contributed by atoms with Crippen molar-refractivity contribution in [2.45, 2.75) is 12.1 Å².